The lowest BCUT2D eigenvalue weighted by Gasteiger charge is -2.33. The summed E-state index contributed by atoms with van der Waals surface area (Å²) < 4.78 is 66.9. The van der Waals surface area contributed by atoms with Crippen LogP contribution in [0.3, 0.4) is 0 Å². The highest BCUT2D eigenvalue weighted by molar-refractivity contribution is 6.30. The molecule has 1 N–H and O–H groups in total. The lowest BCUT2D eigenvalue weighted by atomic mass is 9.88. The fourth-order valence-corrected chi connectivity index (χ4v) is 7.06. The number of hydrogen-bond acceptors (Lipinski definition) is 7. The SMILES string of the molecule is CN1CC[C@@H](Cc2cc(-c3n[nH]c(C(F)(F)F)n3)cnc2CN2CCC(c3cccc4c3O[C@](C)(c3ccc(Cl)cc3F)O4)CC2)C1=O. The van der Waals surface area contributed by atoms with Gasteiger partial charge < -0.3 is 14.4 Å². The summed E-state index contributed by atoms with van der Waals surface area (Å²) in [5, 5.41) is 6.02. The Morgan fingerprint density at radius 1 is 1.08 bits per heavy atom. The van der Waals surface area contributed by atoms with Crippen molar-refractivity contribution in [2.45, 2.75) is 57.0 Å². The Morgan fingerprint density at radius 3 is 2.56 bits per heavy atom. The van der Waals surface area contributed by atoms with Crippen molar-refractivity contribution in [3.05, 3.63) is 87.7 Å². The first-order valence-corrected chi connectivity index (χ1v) is 16.2. The maximum absolute atomic E-state index is 14.9. The lowest BCUT2D eigenvalue weighted by molar-refractivity contribution is -0.144. The number of alkyl halides is 3. The van der Waals surface area contributed by atoms with Crippen LogP contribution in [0.1, 0.15) is 60.3 Å². The highest BCUT2D eigenvalue weighted by atomic mass is 35.5. The van der Waals surface area contributed by atoms with E-state index in [4.69, 9.17) is 21.1 Å². The van der Waals surface area contributed by atoms with Gasteiger partial charge in [0.2, 0.25) is 11.7 Å². The molecule has 3 aliphatic heterocycles. The van der Waals surface area contributed by atoms with E-state index < -0.39 is 23.6 Å². The van der Waals surface area contributed by atoms with Crippen LogP contribution in [0.15, 0.2) is 48.7 Å². The summed E-state index contributed by atoms with van der Waals surface area (Å²) in [5.41, 5.74) is 3.17. The fourth-order valence-electron chi connectivity index (χ4n) is 6.90. The maximum atomic E-state index is 14.9. The minimum absolute atomic E-state index is 0.0425. The van der Waals surface area contributed by atoms with Crippen LogP contribution in [-0.2, 0) is 29.7 Å². The predicted molar refractivity (Wildman–Crippen MR) is 168 cm³/mol. The van der Waals surface area contributed by atoms with Gasteiger partial charge in [-0.1, -0.05) is 23.7 Å². The van der Waals surface area contributed by atoms with E-state index >= 15 is 0 Å². The number of benzene rings is 2. The third-order valence-corrected chi connectivity index (χ3v) is 9.74. The second-order valence-electron chi connectivity index (χ2n) is 12.8. The second kappa shape index (κ2) is 12.3. The average Bonchev–Trinajstić information content (AvgIpc) is 3.76. The Bertz CT molecular complexity index is 1860. The number of aromatic amines is 1. The number of pyridine rings is 1. The van der Waals surface area contributed by atoms with Gasteiger partial charge in [-0.25, -0.2) is 9.37 Å². The molecule has 5 heterocycles. The molecule has 0 saturated carbocycles. The van der Waals surface area contributed by atoms with Crippen LogP contribution < -0.4 is 9.47 Å². The van der Waals surface area contributed by atoms with Gasteiger partial charge in [0.15, 0.2) is 17.3 Å². The molecule has 2 fully saturated rings. The van der Waals surface area contributed by atoms with Gasteiger partial charge in [0, 0.05) is 55.3 Å². The summed E-state index contributed by atoms with van der Waals surface area (Å²) in [7, 11) is 1.77. The normalized spacial score (nSPS) is 21.8. The van der Waals surface area contributed by atoms with Gasteiger partial charge in [-0.2, -0.15) is 18.3 Å². The number of rotatable bonds is 7. The highest BCUT2D eigenvalue weighted by Gasteiger charge is 2.43. The fraction of sp³-hybridized carbons (Fsp3) is 0.412. The molecule has 2 aromatic carbocycles. The van der Waals surface area contributed by atoms with E-state index in [-0.39, 0.29) is 34.2 Å². The summed E-state index contributed by atoms with van der Waals surface area (Å²) >= 11 is 5.97. The van der Waals surface area contributed by atoms with E-state index in [9.17, 15) is 22.4 Å². The first-order chi connectivity index (χ1) is 22.9. The molecule has 2 aromatic heterocycles. The number of carbonyl (C=O) groups is 1. The Balaban J connectivity index is 1.07. The van der Waals surface area contributed by atoms with E-state index in [2.05, 4.69) is 20.0 Å². The molecule has 14 heteroatoms. The minimum Gasteiger partial charge on any atom is -0.444 e. The predicted octanol–water partition coefficient (Wildman–Crippen LogP) is 6.72. The smallest absolute Gasteiger partial charge is 0.444 e. The first kappa shape index (κ1) is 32.3. The monoisotopic (exact) mass is 684 g/mol. The molecule has 0 unspecified atom stereocenters. The summed E-state index contributed by atoms with van der Waals surface area (Å²) in [6, 6.07) is 11.9. The van der Waals surface area contributed by atoms with Crippen molar-refractivity contribution in [1.82, 2.24) is 30.0 Å². The van der Waals surface area contributed by atoms with Crippen molar-refractivity contribution >= 4 is 17.5 Å². The van der Waals surface area contributed by atoms with Crippen LogP contribution in [0.5, 0.6) is 11.5 Å². The number of nitrogens with zero attached hydrogens (tertiary/aromatic N) is 5. The van der Waals surface area contributed by atoms with Gasteiger partial charge in [-0.15, -0.1) is 0 Å². The molecule has 0 bridgehead atoms. The standard InChI is InChI=1S/C34H33ClF4N6O3/c1-33(25-7-6-23(35)16-26(25)36)47-28-5-3-4-24(29(28)48-33)19-9-12-45(13-10-19)18-27-21(14-20-8-11-44(2)31(20)46)15-22(17-40-27)30-41-32(43-42-30)34(37,38)39/h3-7,15-17,19-20H,8-14,18H2,1-2H3,(H,41,42,43)/t20-,33+/m0/s1. The number of halogens is 5. The Kier molecular flexibility index (Phi) is 8.31. The number of nitrogens with one attached hydrogen (secondary N) is 1. The van der Waals surface area contributed by atoms with E-state index in [1.165, 1.54) is 12.3 Å². The number of piperidine rings is 1. The largest absolute Gasteiger partial charge is 0.451 e. The summed E-state index contributed by atoms with van der Waals surface area (Å²) in [4.78, 5) is 25.1. The van der Waals surface area contributed by atoms with Gasteiger partial charge in [0.25, 0.3) is 5.79 Å². The molecule has 3 aliphatic rings. The van der Waals surface area contributed by atoms with Crippen LogP contribution >= 0.6 is 11.6 Å². The van der Waals surface area contributed by atoms with Crippen molar-refractivity contribution < 1.29 is 31.8 Å². The molecule has 2 saturated heterocycles. The molecule has 252 valence electrons. The first-order valence-electron chi connectivity index (χ1n) is 15.8. The quantitative estimate of drug-likeness (QED) is 0.216. The minimum atomic E-state index is -4.65. The molecule has 9 nitrogen and oxygen atoms in total. The lowest BCUT2D eigenvalue weighted by Crippen LogP contribution is -2.34. The van der Waals surface area contributed by atoms with E-state index in [1.54, 1.807) is 37.1 Å². The number of ether oxygens (including phenoxy) is 2. The van der Waals surface area contributed by atoms with Crippen molar-refractivity contribution in [2.24, 2.45) is 5.92 Å². The molecule has 7 rings (SSSR count). The number of aromatic nitrogens is 4. The van der Waals surface area contributed by atoms with E-state index in [1.807, 2.05) is 23.3 Å². The maximum Gasteiger partial charge on any atom is 0.451 e. The topological polar surface area (TPSA) is 96.5 Å². The van der Waals surface area contributed by atoms with E-state index in [0.717, 1.165) is 42.8 Å². The van der Waals surface area contributed by atoms with Crippen LogP contribution in [-0.4, -0.2) is 62.6 Å². The van der Waals surface area contributed by atoms with Crippen molar-refractivity contribution in [2.75, 3.05) is 26.7 Å². The average molecular weight is 685 g/mol. The van der Waals surface area contributed by atoms with Gasteiger partial charge in [0.1, 0.15) is 5.82 Å². The zero-order valence-electron chi connectivity index (χ0n) is 26.3. The van der Waals surface area contributed by atoms with Gasteiger partial charge >= 0.3 is 6.18 Å². The number of H-pyrrole nitrogens is 1. The Morgan fingerprint density at radius 2 is 1.88 bits per heavy atom. The summed E-state index contributed by atoms with van der Waals surface area (Å²) in [6.07, 6.45) is -0.400. The highest BCUT2D eigenvalue weighted by Crippen LogP contribution is 2.50. The van der Waals surface area contributed by atoms with Crippen LogP contribution in [0.25, 0.3) is 11.4 Å². The Hall–Kier alpha value is -4.23. The number of amides is 1. The van der Waals surface area contributed by atoms with Crippen molar-refractivity contribution in [3.8, 4) is 22.9 Å². The number of likely N-dealkylation sites (tertiary alicyclic amines) is 2. The number of para-hydroxylation sites is 1. The van der Waals surface area contributed by atoms with Crippen LogP contribution in [0.2, 0.25) is 5.02 Å². The van der Waals surface area contributed by atoms with Crippen LogP contribution in [0.4, 0.5) is 17.6 Å². The summed E-state index contributed by atoms with van der Waals surface area (Å²) in [6.45, 7) is 4.36. The summed E-state index contributed by atoms with van der Waals surface area (Å²) in [5.74, 6) is -1.98. The zero-order valence-corrected chi connectivity index (χ0v) is 27.0. The number of carbonyl (C=O) groups excluding carboxylic acids is 1. The van der Waals surface area contributed by atoms with Gasteiger partial charge in [0.05, 0.1) is 11.3 Å². The van der Waals surface area contributed by atoms with Gasteiger partial charge in [-0.05, 0) is 80.6 Å². The van der Waals surface area contributed by atoms with Gasteiger partial charge in [-0.3, -0.25) is 19.8 Å². The van der Waals surface area contributed by atoms with Crippen LogP contribution in [0, 0.1) is 11.7 Å². The van der Waals surface area contributed by atoms with Crippen molar-refractivity contribution in [1.29, 1.82) is 0 Å². The molecule has 2 atom stereocenters. The molecule has 0 aliphatic carbocycles. The second-order valence-corrected chi connectivity index (χ2v) is 13.2. The number of fused-ring (bicyclic) bond motifs is 1. The molecular formula is C34H33ClF4N6O3. The molecule has 0 spiro atoms. The molecule has 48 heavy (non-hydrogen) atoms. The Labute approximate surface area is 279 Å². The van der Waals surface area contributed by atoms with E-state index in [0.29, 0.717) is 43.0 Å². The third kappa shape index (κ3) is 6.21. The molecule has 4 aromatic rings. The molecular weight excluding hydrogens is 652 g/mol. The third-order valence-electron chi connectivity index (χ3n) is 9.51. The molecule has 0 radical (unpaired) electrons. The zero-order chi connectivity index (χ0) is 33.8. The van der Waals surface area contributed by atoms with Crippen molar-refractivity contribution in [3.63, 3.8) is 0 Å². The number of hydrogen-bond donors (Lipinski definition) is 1. The molecule has 1 amide bonds.